The molecule has 4 bridgehead atoms. The third-order valence-corrected chi connectivity index (χ3v) is 8.12. The standard InChI is InChI=1S/C24H33N3O3/c28-23(25-24-11-18-7-19(12-24)9-20(8-18)13-24)15-27-5-3-26(4-6-27)14-17-1-2-21-22(10-17)30-16-29-21/h1-2,10,18-20H,3-9,11-16H2,(H,25,28). The van der Waals surface area contributed by atoms with Crippen LogP contribution in [0.15, 0.2) is 18.2 Å². The van der Waals surface area contributed by atoms with Crippen LogP contribution in [0.2, 0.25) is 0 Å². The van der Waals surface area contributed by atoms with Gasteiger partial charge in [0.15, 0.2) is 11.5 Å². The van der Waals surface area contributed by atoms with Crippen LogP contribution < -0.4 is 14.8 Å². The number of fused-ring (bicyclic) bond motifs is 1. The number of hydrogen-bond acceptors (Lipinski definition) is 5. The zero-order chi connectivity index (χ0) is 20.1. The van der Waals surface area contributed by atoms with Gasteiger partial charge in [-0.05, 0) is 74.0 Å². The first-order valence-corrected chi connectivity index (χ1v) is 11.8. The Morgan fingerprint density at radius 3 is 2.27 bits per heavy atom. The van der Waals surface area contributed by atoms with Crippen LogP contribution in [-0.4, -0.2) is 60.8 Å². The Balaban J connectivity index is 0.986. The molecule has 30 heavy (non-hydrogen) atoms. The number of carbonyl (C=O) groups is 1. The molecule has 0 radical (unpaired) electrons. The average molecular weight is 412 g/mol. The first-order valence-electron chi connectivity index (χ1n) is 11.8. The van der Waals surface area contributed by atoms with Gasteiger partial charge in [0.05, 0.1) is 6.54 Å². The average Bonchev–Trinajstić information content (AvgIpc) is 3.16. The van der Waals surface area contributed by atoms with Gasteiger partial charge in [-0.15, -0.1) is 0 Å². The number of hydrogen-bond donors (Lipinski definition) is 1. The van der Waals surface area contributed by atoms with E-state index in [1.165, 1.54) is 44.1 Å². The van der Waals surface area contributed by atoms with Gasteiger partial charge in [-0.3, -0.25) is 14.6 Å². The van der Waals surface area contributed by atoms with E-state index < -0.39 is 0 Å². The number of carbonyl (C=O) groups excluding carboxylic acids is 1. The molecule has 6 heteroatoms. The Bertz CT molecular complexity index is 783. The minimum absolute atomic E-state index is 0.132. The molecular formula is C24H33N3O3. The summed E-state index contributed by atoms with van der Waals surface area (Å²) in [5.41, 5.74) is 1.39. The largest absolute Gasteiger partial charge is 0.454 e. The highest BCUT2D eigenvalue weighted by Gasteiger charge is 2.51. The van der Waals surface area contributed by atoms with Gasteiger partial charge in [-0.2, -0.15) is 0 Å². The fraction of sp³-hybridized carbons (Fsp3) is 0.708. The van der Waals surface area contributed by atoms with Crippen molar-refractivity contribution in [2.45, 2.75) is 50.6 Å². The van der Waals surface area contributed by atoms with E-state index in [-0.39, 0.29) is 11.4 Å². The molecule has 7 rings (SSSR count). The summed E-state index contributed by atoms with van der Waals surface area (Å²) < 4.78 is 10.9. The molecule has 162 valence electrons. The number of rotatable bonds is 5. The Kier molecular flexibility index (Phi) is 4.68. The van der Waals surface area contributed by atoms with Crippen molar-refractivity contribution in [3.05, 3.63) is 23.8 Å². The summed E-state index contributed by atoms with van der Waals surface area (Å²) in [6.45, 7) is 5.71. The van der Waals surface area contributed by atoms with Gasteiger partial charge in [0.25, 0.3) is 0 Å². The van der Waals surface area contributed by atoms with Crippen LogP contribution in [0.1, 0.15) is 44.1 Å². The van der Waals surface area contributed by atoms with E-state index in [0.717, 1.165) is 62.0 Å². The van der Waals surface area contributed by atoms with Crippen LogP contribution in [0.5, 0.6) is 11.5 Å². The smallest absolute Gasteiger partial charge is 0.234 e. The van der Waals surface area contributed by atoms with Gasteiger partial charge in [0.2, 0.25) is 12.7 Å². The Morgan fingerprint density at radius 2 is 1.57 bits per heavy atom. The van der Waals surface area contributed by atoms with Gasteiger partial charge >= 0.3 is 0 Å². The maximum Gasteiger partial charge on any atom is 0.234 e. The van der Waals surface area contributed by atoms with E-state index in [4.69, 9.17) is 9.47 Å². The number of nitrogens with one attached hydrogen (secondary N) is 1. The molecule has 1 N–H and O–H groups in total. The highest BCUT2D eigenvalue weighted by molar-refractivity contribution is 5.79. The zero-order valence-electron chi connectivity index (χ0n) is 17.8. The van der Waals surface area contributed by atoms with Crippen molar-refractivity contribution >= 4 is 5.91 Å². The Labute approximate surface area is 178 Å². The summed E-state index contributed by atoms with van der Waals surface area (Å²) in [6.07, 6.45) is 7.94. The third kappa shape index (κ3) is 3.69. The molecule has 2 heterocycles. The lowest BCUT2D eigenvalue weighted by molar-refractivity contribution is -0.128. The predicted molar refractivity (Wildman–Crippen MR) is 113 cm³/mol. The third-order valence-electron chi connectivity index (χ3n) is 8.12. The predicted octanol–water partition coefficient (Wildman–Crippen LogP) is 2.62. The van der Waals surface area contributed by atoms with Crippen LogP contribution in [0.25, 0.3) is 0 Å². The first kappa shape index (κ1) is 18.9. The molecule has 1 aromatic carbocycles. The quantitative estimate of drug-likeness (QED) is 0.807. The lowest BCUT2D eigenvalue weighted by Crippen LogP contribution is -2.61. The SMILES string of the molecule is O=C(CN1CCN(Cc2ccc3c(c2)OCO3)CC1)NC12CC3CC(CC(C3)C1)C2. The molecule has 4 aliphatic carbocycles. The highest BCUT2D eigenvalue weighted by Crippen LogP contribution is 2.55. The summed E-state index contributed by atoms with van der Waals surface area (Å²) in [5, 5.41) is 3.53. The second-order valence-corrected chi connectivity index (χ2v) is 10.5. The second-order valence-electron chi connectivity index (χ2n) is 10.5. The molecule has 1 saturated heterocycles. The Hall–Kier alpha value is -1.79. The van der Waals surface area contributed by atoms with Crippen molar-refractivity contribution < 1.29 is 14.3 Å². The van der Waals surface area contributed by atoms with E-state index >= 15 is 0 Å². The van der Waals surface area contributed by atoms with Gasteiger partial charge < -0.3 is 14.8 Å². The molecular weight excluding hydrogens is 378 g/mol. The monoisotopic (exact) mass is 411 g/mol. The van der Waals surface area contributed by atoms with Crippen molar-refractivity contribution in [1.82, 2.24) is 15.1 Å². The normalized spacial score (nSPS) is 35.0. The van der Waals surface area contributed by atoms with Crippen LogP contribution in [0, 0.1) is 17.8 Å². The molecule has 1 aromatic rings. The topological polar surface area (TPSA) is 54.0 Å². The molecule has 1 amide bonds. The number of nitrogens with zero attached hydrogens (tertiary/aromatic N) is 2. The van der Waals surface area contributed by atoms with Gasteiger partial charge in [-0.25, -0.2) is 0 Å². The summed E-state index contributed by atoms with van der Waals surface area (Å²) in [7, 11) is 0. The van der Waals surface area contributed by atoms with Crippen molar-refractivity contribution in [1.29, 1.82) is 0 Å². The van der Waals surface area contributed by atoms with Gasteiger partial charge in [0.1, 0.15) is 0 Å². The molecule has 0 unspecified atom stereocenters. The van der Waals surface area contributed by atoms with E-state index in [9.17, 15) is 4.79 Å². The zero-order valence-corrected chi connectivity index (χ0v) is 17.8. The maximum absolute atomic E-state index is 12.9. The number of piperazine rings is 1. The van der Waals surface area contributed by atoms with Crippen LogP contribution >= 0.6 is 0 Å². The molecule has 0 aromatic heterocycles. The summed E-state index contributed by atoms with van der Waals surface area (Å²) >= 11 is 0. The van der Waals surface area contributed by atoms with Crippen LogP contribution in [0.4, 0.5) is 0 Å². The molecule has 0 atom stereocenters. The highest BCUT2D eigenvalue weighted by atomic mass is 16.7. The minimum atomic E-state index is 0.132. The fourth-order valence-corrected chi connectivity index (χ4v) is 7.21. The van der Waals surface area contributed by atoms with E-state index in [2.05, 4.69) is 27.2 Å². The van der Waals surface area contributed by atoms with Gasteiger partial charge in [0, 0.05) is 38.3 Å². The summed E-state index contributed by atoms with van der Waals surface area (Å²) in [4.78, 5) is 17.7. The number of ether oxygens (including phenoxy) is 2. The van der Waals surface area contributed by atoms with Crippen molar-refractivity contribution in [2.24, 2.45) is 17.8 Å². The maximum atomic E-state index is 12.9. The van der Waals surface area contributed by atoms with Crippen molar-refractivity contribution in [3.8, 4) is 11.5 Å². The summed E-state index contributed by atoms with van der Waals surface area (Å²) in [5.74, 6) is 4.56. The molecule has 5 fully saturated rings. The molecule has 4 saturated carbocycles. The van der Waals surface area contributed by atoms with E-state index in [1.54, 1.807) is 0 Å². The molecule has 6 aliphatic rings. The number of benzene rings is 1. The van der Waals surface area contributed by atoms with E-state index in [1.807, 2.05) is 6.07 Å². The Morgan fingerprint density at radius 1 is 0.933 bits per heavy atom. The number of amides is 1. The molecule has 0 spiro atoms. The van der Waals surface area contributed by atoms with Crippen LogP contribution in [-0.2, 0) is 11.3 Å². The second kappa shape index (κ2) is 7.41. The van der Waals surface area contributed by atoms with Crippen LogP contribution in [0.3, 0.4) is 0 Å². The summed E-state index contributed by atoms with van der Waals surface area (Å²) in [6, 6.07) is 6.22. The fourth-order valence-electron chi connectivity index (χ4n) is 7.21. The minimum Gasteiger partial charge on any atom is -0.454 e. The lowest BCUT2D eigenvalue weighted by atomic mass is 9.53. The van der Waals surface area contributed by atoms with E-state index in [0.29, 0.717) is 13.3 Å². The van der Waals surface area contributed by atoms with Crippen molar-refractivity contribution in [2.75, 3.05) is 39.5 Å². The van der Waals surface area contributed by atoms with Gasteiger partial charge in [-0.1, -0.05) is 6.07 Å². The first-order chi connectivity index (χ1) is 14.6. The van der Waals surface area contributed by atoms with Crippen molar-refractivity contribution in [3.63, 3.8) is 0 Å². The molecule has 2 aliphatic heterocycles. The lowest BCUT2D eigenvalue weighted by Gasteiger charge is -2.57. The molecule has 6 nitrogen and oxygen atoms in total.